The standard InChI is InChI=1S/C11H12FN3O2/c1-7(13)11-14-10(15-17-11)6-16-9-5-3-2-4-8(9)12/h2-5,7H,6,13H2,1H3/t7-/m1/s1. The number of nitrogens with zero attached hydrogens (tertiary/aromatic N) is 2. The van der Waals surface area contributed by atoms with E-state index < -0.39 is 5.82 Å². The molecule has 0 saturated carbocycles. The molecule has 90 valence electrons. The Bertz CT molecular complexity index is 499. The third kappa shape index (κ3) is 2.79. The zero-order valence-electron chi connectivity index (χ0n) is 9.26. The minimum absolute atomic E-state index is 0.0388. The highest BCUT2D eigenvalue weighted by atomic mass is 19.1. The van der Waals surface area contributed by atoms with Crippen LogP contribution in [-0.2, 0) is 6.61 Å². The summed E-state index contributed by atoms with van der Waals surface area (Å²) in [6.45, 7) is 1.77. The first-order chi connectivity index (χ1) is 8.16. The zero-order chi connectivity index (χ0) is 12.3. The Morgan fingerprint density at radius 2 is 2.24 bits per heavy atom. The van der Waals surface area contributed by atoms with Gasteiger partial charge in [-0.1, -0.05) is 17.3 Å². The molecule has 0 aliphatic heterocycles. The molecule has 6 heteroatoms. The molecule has 2 N–H and O–H groups in total. The normalized spacial score (nSPS) is 12.4. The summed E-state index contributed by atoms with van der Waals surface area (Å²) in [7, 11) is 0. The summed E-state index contributed by atoms with van der Waals surface area (Å²) in [4.78, 5) is 4.00. The Hall–Kier alpha value is -1.95. The van der Waals surface area contributed by atoms with Crippen LogP contribution in [0.3, 0.4) is 0 Å². The van der Waals surface area contributed by atoms with Crippen LogP contribution < -0.4 is 10.5 Å². The van der Waals surface area contributed by atoms with Crippen molar-refractivity contribution in [1.29, 1.82) is 0 Å². The van der Waals surface area contributed by atoms with Crippen molar-refractivity contribution < 1.29 is 13.7 Å². The largest absolute Gasteiger partial charge is 0.482 e. The maximum Gasteiger partial charge on any atom is 0.243 e. The fraction of sp³-hybridized carbons (Fsp3) is 0.273. The number of aromatic nitrogens is 2. The van der Waals surface area contributed by atoms with Crippen LogP contribution in [0.4, 0.5) is 4.39 Å². The second-order valence-electron chi connectivity index (χ2n) is 3.56. The Morgan fingerprint density at radius 3 is 2.88 bits per heavy atom. The van der Waals surface area contributed by atoms with Crippen LogP contribution in [0, 0.1) is 5.82 Å². The van der Waals surface area contributed by atoms with Crippen LogP contribution in [0.25, 0.3) is 0 Å². The van der Waals surface area contributed by atoms with E-state index in [1.807, 2.05) is 0 Å². The Labute approximate surface area is 97.4 Å². The first-order valence-electron chi connectivity index (χ1n) is 5.12. The molecule has 1 aromatic heterocycles. The highest BCUT2D eigenvalue weighted by molar-refractivity contribution is 5.23. The third-order valence-corrected chi connectivity index (χ3v) is 2.07. The number of hydrogen-bond acceptors (Lipinski definition) is 5. The van der Waals surface area contributed by atoms with E-state index in [-0.39, 0.29) is 18.4 Å². The monoisotopic (exact) mass is 237 g/mol. The van der Waals surface area contributed by atoms with Gasteiger partial charge in [0, 0.05) is 0 Å². The predicted molar refractivity (Wildman–Crippen MR) is 57.6 cm³/mol. The van der Waals surface area contributed by atoms with Gasteiger partial charge >= 0.3 is 0 Å². The molecule has 5 nitrogen and oxygen atoms in total. The van der Waals surface area contributed by atoms with Gasteiger partial charge in [0.2, 0.25) is 11.7 Å². The van der Waals surface area contributed by atoms with Gasteiger partial charge in [0.05, 0.1) is 6.04 Å². The summed E-state index contributed by atoms with van der Waals surface area (Å²) in [5, 5.41) is 3.67. The van der Waals surface area contributed by atoms with Gasteiger partial charge in [0.1, 0.15) is 0 Å². The van der Waals surface area contributed by atoms with E-state index in [0.717, 1.165) is 0 Å². The van der Waals surface area contributed by atoms with Crippen LogP contribution in [0.15, 0.2) is 28.8 Å². The first-order valence-corrected chi connectivity index (χ1v) is 5.12. The number of rotatable bonds is 4. The molecule has 17 heavy (non-hydrogen) atoms. The molecule has 1 atom stereocenters. The molecule has 2 rings (SSSR count). The van der Waals surface area contributed by atoms with Gasteiger partial charge < -0.3 is 15.0 Å². The number of halogens is 1. The molecule has 0 fully saturated rings. The van der Waals surface area contributed by atoms with E-state index in [9.17, 15) is 4.39 Å². The topological polar surface area (TPSA) is 74.2 Å². The van der Waals surface area contributed by atoms with Gasteiger partial charge in [0.15, 0.2) is 18.2 Å². The SMILES string of the molecule is C[C@@H](N)c1nc(COc2ccccc2F)no1. The Morgan fingerprint density at radius 1 is 1.47 bits per heavy atom. The summed E-state index contributed by atoms with van der Waals surface area (Å²) in [5.41, 5.74) is 5.56. The maximum absolute atomic E-state index is 13.2. The van der Waals surface area contributed by atoms with Crippen molar-refractivity contribution in [2.75, 3.05) is 0 Å². The second kappa shape index (κ2) is 4.92. The lowest BCUT2D eigenvalue weighted by Gasteiger charge is -2.03. The summed E-state index contributed by atoms with van der Waals surface area (Å²) in [6.07, 6.45) is 0. The lowest BCUT2D eigenvalue weighted by Crippen LogP contribution is -2.05. The molecule has 0 amide bonds. The molecule has 0 aliphatic carbocycles. The van der Waals surface area contributed by atoms with Gasteiger partial charge in [-0.2, -0.15) is 4.98 Å². The van der Waals surface area contributed by atoms with Crippen molar-refractivity contribution in [3.63, 3.8) is 0 Å². The molecule has 0 saturated heterocycles. The van der Waals surface area contributed by atoms with Gasteiger partial charge in [-0.05, 0) is 19.1 Å². The van der Waals surface area contributed by atoms with Crippen LogP contribution in [0.2, 0.25) is 0 Å². The van der Waals surface area contributed by atoms with E-state index in [2.05, 4.69) is 10.1 Å². The highest BCUT2D eigenvalue weighted by Gasteiger charge is 2.11. The van der Waals surface area contributed by atoms with E-state index >= 15 is 0 Å². The molecule has 0 bridgehead atoms. The minimum Gasteiger partial charge on any atom is -0.482 e. The predicted octanol–water partition coefficient (Wildman–Crippen LogP) is 1.81. The number of nitrogens with two attached hydrogens (primary N) is 1. The van der Waals surface area contributed by atoms with E-state index in [4.69, 9.17) is 15.0 Å². The highest BCUT2D eigenvalue weighted by Crippen LogP contribution is 2.16. The van der Waals surface area contributed by atoms with Crippen molar-refractivity contribution >= 4 is 0 Å². The van der Waals surface area contributed by atoms with E-state index in [0.29, 0.717) is 11.7 Å². The second-order valence-corrected chi connectivity index (χ2v) is 3.56. The lowest BCUT2D eigenvalue weighted by molar-refractivity contribution is 0.272. The van der Waals surface area contributed by atoms with Gasteiger partial charge in [-0.3, -0.25) is 0 Å². The number of benzene rings is 1. The van der Waals surface area contributed by atoms with Gasteiger partial charge in [0.25, 0.3) is 0 Å². The first kappa shape index (κ1) is 11.5. The van der Waals surface area contributed by atoms with E-state index in [1.54, 1.807) is 19.1 Å². The molecular weight excluding hydrogens is 225 g/mol. The lowest BCUT2D eigenvalue weighted by atomic mass is 10.3. The Kier molecular flexibility index (Phi) is 3.34. The van der Waals surface area contributed by atoms with Crippen molar-refractivity contribution in [3.8, 4) is 5.75 Å². The molecule has 0 spiro atoms. The zero-order valence-corrected chi connectivity index (χ0v) is 9.26. The average Bonchev–Trinajstić information content (AvgIpc) is 2.77. The molecule has 1 heterocycles. The molecule has 0 unspecified atom stereocenters. The smallest absolute Gasteiger partial charge is 0.243 e. The molecular formula is C11H12FN3O2. The number of ether oxygens (including phenoxy) is 1. The summed E-state index contributed by atoms with van der Waals surface area (Å²) >= 11 is 0. The van der Waals surface area contributed by atoms with Crippen molar-refractivity contribution in [2.45, 2.75) is 19.6 Å². The van der Waals surface area contributed by atoms with E-state index in [1.165, 1.54) is 12.1 Å². The summed E-state index contributed by atoms with van der Waals surface area (Å²) in [5.74, 6) is 0.390. The molecule has 0 aliphatic rings. The molecule has 2 aromatic rings. The quantitative estimate of drug-likeness (QED) is 0.877. The summed E-state index contributed by atoms with van der Waals surface area (Å²) in [6, 6.07) is 5.79. The van der Waals surface area contributed by atoms with Crippen LogP contribution in [0.5, 0.6) is 5.75 Å². The maximum atomic E-state index is 13.2. The van der Waals surface area contributed by atoms with Crippen molar-refractivity contribution in [1.82, 2.24) is 10.1 Å². The average molecular weight is 237 g/mol. The van der Waals surface area contributed by atoms with Crippen molar-refractivity contribution in [2.24, 2.45) is 5.73 Å². The number of hydrogen-bond donors (Lipinski definition) is 1. The third-order valence-electron chi connectivity index (χ3n) is 2.07. The van der Waals surface area contributed by atoms with Crippen LogP contribution >= 0.6 is 0 Å². The Balaban J connectivity index is 2.00. The van der Waals surface area contributed by atoms with Crippen molar-refractivity contribution in [3.05, 3.63) is 41.8 Å². The van der Waals surface area contributed by atoms with Crippen LogP contribution in [-0.4, -0.2) is 10.1 Å². The fourth-order valence-electron chi connectivity index (χ4n) is 1.22. The molecule has 1 aromatic carbocycles. The fourth-order valence-corrected chi connectivity index (χ4v) is 1.22. The summed E-state index contributed by atoms with van der Waals surface area (Å²) < 4.78 is 23.3. The minimum atomic E-state index is -0.427. The van der Waals surface area contributed by atoms with Crippen LogP contribution in [0.1, 0.15) is 24.7 Å². The number of para-hydroxylation sites is 1. The van der Waals surface area contributed by atoms with Gasteiger partial charge in [-0.15, -0.1) is 0 Å². The molecule has 0 radical (unpaired) electrons. The van der Waals surface area contributed by atoms with Gasteiger partial charge in [-0.25, -0.2) is 4.39 Å².